The van der Waals surface area contributed by atoms with Gasteiger partial charge in [-0.3, -0.25) is 0 Å². The summed E-state index contributed by atoms with van der Waals surface area (Å²) in [7, 11) is 0. The molecule has 1 aliphatic rings. The van der Waals surface area contributed by atoms with E-state index in [0.717, 1.165) is 45.8 Å². The van der Waals surface area contributed by atoms with Crippen molar-refractivity contribution in [3.8, 4) is 0 Å². The van der Waals surface area contributed by atoms with Crippen molar-refractivity contribution in [2.45, 2.75) is 45.9 Å². The van der Waals surface area contributed by atoms with E-state index in [1.165, 1.54) is 9.75 Å². The first-order valence-corrected chi connectivity index (χ1v) is 8.02. The van der Waals surface area contributed by atoms with Gasteiger partial charge in [0.25, 0.3) is 0 Å². The predicted octanol–water partition coefficient (Wildman–Crippen LogP) is 3.19. The number of rotatable bonds is 7. The van der Waals surface area contributed by atoms with Crippen LogP contribution in [0.4, 0.5) is 0 Å². The second-order valence-electron chi connectivity index (χ2n) is 5.47. The smallest absolute Gasteiger partial charge is 0.0809 e. The lowest BCUT2D eigenvalue weighted by atomic mass is 10.0. The van der Waals surface area contributed by atoms with E-state index in [9.17, 15) is 0 Å². The van der Waals surface area contributed by atoms with Crippen molar-refractivity contribution in [2.24, 2.45) is 5.92 Å². The van der Waals surface area contributed by atoms with Crippen LogP contribution < -0.4 is 5.32 Å². The molecule has 1 aliphatic heterocycles. The normalized spacial score (nSPS) is 17.2. The van der Waals surface area contributed by atoms with E-state index in [4.69, 9.17) is 9.47 Å². The molecule has 0 aliphatic carbocycles. The fourth-order valence-corrected chi connectivity index (χ4v) is 3.05. The van der Waals surface area contributed by atoms with Gasteiger partial charge in [0.05, 0.1) is 13.2 Å². The molecule has 1 saturated heterocycles. The van der Waals surface area contributed by atoms with Gasteiger partial charge in [0.2, 0.25) is 0 Å². The van der Waals surface area contributed by atoms with Gasteiger partial charge in [0.15, 0.2) is 0 Å². The second-order valence-corrected chi connectivity index (χ2v) is 6.73. The summed E-state index contributed by atoms with van der Waals surface area (Å²) in [4.78, 5) is 2.71. The van der Waals surface area contributed by atoms with Gasteiger partial charge in [-0.05, 0) is 30.9 Å². The van der Waals surface area contributed by atoms with E-state index in [1.807, 2.05) is 11.3 Å². The Bertz CT molecular complexity index is 359. The van der Waals surface area contributed by atoms with Gasteiger partial charge in [-0.1, -0.05) is 13.8 Å². The molecule has 0 radical (unpaired) electrons. The lowest BCUT2D eigenvalue weighted by molar-refractivity contribution is 0.0163. The molecule has 3 nitrogen and oxygen atoms in total. The number of thiophene rings is 1. The van der Waals surface area contributed by atoms with Crippen LogP contribution in [0, 0.1) is 5.92 Å². The van der Waals surface area contributed by atoms with E-state index in [1.54, 1.807) is 0 Å². The highest BCUT2D eigenvalue weighted by Crippen LogP contribution is 2.19. The fourth-order valence-electron chi connectivity index (χ4n) is 2.14. The minimum Gasteiger partial charge on any atom is -0.381 e. The first-order valence-electron chi connectivity index (χ1n) is 7.20. The van der Waals surface area contributed by atoms with Gasteiger partial charge in [0, 0.05) is 35.6 Å². The summed E-state index contributed by atoms with van der Waals surface area (Å²) in [6.45, 7) is 8.74. The first-order chi connectivity index (χ1) is 9.24. The Balaban J connectivity index is 1.65. The van der Waals surface area contributed by atoms with E-state index in [2.05, 4.69) is 31.3 Å². The number of ether oxygens (including phenoxy) is 2. The van der Waals surface area contributed by atoms with E-state index in [0.29, 0.717) is 12.0 Å². The van der Waals surface area contributed by atoms with Crippen LogP contribution >= 0.6 is 11.3 Å². The Kier molecular flexibility index (Phi) is 6.31. The lowest BCUT2D eigenvalue weighted by Crippen LogP contribution is -2.21. The van der Waals surface area contributed by atoms with Crippen LogP contribution in [0.1, 0.15) is 36.4 Å². The summed E-state index contributed by atoms with van der Waals surface area (Å²) in [5.74, 6) is 0.691. The summed E-state index contributed by atoms with van der Waals surface area (Å²) >= 11 is 1.85. The molecular weight excluding hydrogens is 258 g/mol. The lowest BCUT2D eigenvalue weighted by Gasteiger charge is -2.21. The second kappa shape index (κ2) is 8.00. The number of nitrogens with one attached hydrogen (secondary N) is 1. The van der Waals surface area contributed by atoms with Crippen LogP contribution in [0.2, 0.25) is 0 Å². The maximum Gasteiger partial charge on any atom is 0.0809 e. The van der Waals surface area contributed by atoms with Gasteiger partial charge in [-0.25, -0.2) is 0 Å². The van der Waals surface area contributed by atoms with Crippen molar-refractivity contribution < 1.29 is 9.47 Å². The Morgan fingerprint density at radius 1 is 1.32 bits per heavy atom. The summed E-state index contributed by atoms with van der Waals surface area (Å²) in [6.07, 6.45) is 2.29. The van der Waals surface area contributed by atoms with Crippen molar-refractivity contribution >= 4 is 11.3 Å². The molecule has 0 saturated carbocycles. The highest BCUT2D eigenvalue weighted by molar-refractivity contribution is 7.11. The molecule has 0 bridgehead atoms. The van der Waals surface area contributed by atoms with Crippen molar-refractivity contribution in [1.82, 2.24) is 5.32 Å². The highest BCUT2D eigenvalue weighted by atomic mass is 32.1. The van der Waals surface area contributed by atoms with Gasteiger partial charge in [-0.15, -0.1) is 11.3 Å². The molecule has 2 heterocycles. The van der Waals surface area contributed by atoms with Gasteiger partial charge >= 0.3 is 0 Å². The van der Waals surface area contributed by atoms with Crippen molar-refractivity contribution in [3.63, 3.8) is 0 Å². The molecule has 0 atom stereocenters. The summed E-state index contributed by atoms with van der Waals surface area (Å²) in [5, 5.41) is 3.44. The maximum absolute atomic E-state index is 5.83. The molecule has 1 aromatic heterocycles. The summed E-state index contributed by atoms with van der Waals surface area (Å²) in [6, 6.07) is 4.93. The van der Waals surface area contributed by atoms with Crippen LogP contribution in [-0.4, -0.2) is 25.9 Å². The highest BCUT2D eigenvalue weighted by Gasteiger charge is 2.13. The third-order valence-corrected chi connectivity index (χ3v) is 4.40. The van der Waals surface area contributed by atoms with Crippen LogP contribution in [0.3, 0.4) is 0 Å². The molecule has 0 spiro atoms. The third kappa shape index (κ3) is 5.61. The fraction of sp³-hybridized carbons (Fsp3) is 0.733. The minimum atomic E-state index is 0.537. The maximum atomic E-state index is 5.83. The zero-order valence-electron chi connectivity index (χ0n) is 12.0. The predicted molar refractivity (Wildman–Crippen MR) is 79.5 cm³/mol. The molecule has 1 N–H and O–H groups in total. The molecule has 0 amide bonds. The van der Waals surface area contributed by atoms with Gasteiger partial charge < -0.3 is 14.8 Å². The average Bonchev–Trinajstić information content (AvgIpc) is 2.86. The topological polar surface area (TPSA) is 30.5 Å². The molecule has 1 aromatic rings. The van der Waals surface area contributed by atoms with Crippen molar-refractivity contribution in [2.75, 3.05) is 19.8 Å². The molecule has 1 fully saturated rings. The minimum absolute atomic E-state index is 0.537. The van der Waals surface area contributed by atoms with Crippen molar-refractivity contribution in [1.29, 1.82) is 0 Å². The quantitative estimate of drug-likeness (QED) is 0.833. The van der Waals surface area contributed by atoms with Crippen LogP contribution in [0.25, 0.3) is 0 Å². The molecule has 0 aromatic carbocycles. The van der Waals surface area contributed by atoms with Crippen LogP contribution in [0.15, 0.2) is 12.1 Å². The van der Waals surface area contributed by atoms with E-state index >= 15 is 0 Å². The Morgan fingerprint density at radius 2 is 2.05 bits per heavy atom. The summed E-state index contributed by atoms with van der Waals surface area (Å²) < 4.78 is 11.2. The average molecular weight is 283 g/mol. The molecule has 4 heteroatoms. The summed E-state index contributed by atoms with van der Waals surface area (Å²) in [5.41, 5.74) is 0. The van der Waals surface area contributed by atoms with Gasteiger partial charge in [0.1, 0.15) is 0 Å². The first kappa shape index (κ1) is 15.0. The van der Waals surface area contributed by atoms with E-state index in [-0.39, 0.29) is 0 Å². The van der Waals surface area contributed by atoms with Gasteiger partial charge in [-0.2, -0.15) is 0 Å². The monoisotopic (exact) mass is 283 g/mol. The Morgan fingerprint density at radius 3 is 2.79 bits per heavy atom. The van der Waals surface area contributed by atoms with Crippen LogP contribution in [0.5, 0.6) is 0 Å². The SMILES string of the molecule is CC(C)NCc1ccc(COCC2CCOCC2)s1. The Hall–Kier alpha value is -0.420. The Labute approximate surface area is 120 Å². The third-order valence-electron chi connectivity index (χ3n) is 3.34. The molecule has 108 valence electrons. The van der Waals surface area contributed by atoms with E-state index < -0.39 is 0 Å². The zero-order chi connectivity index (χ0) is 13.5. The number of hydrogen-bond donors (Lipinski definition) is 1. The number of hydrogen-bond acceptors (Lipinski definition) is 4. The molecule has 19 heavy (non-hydrogen) atoms. The largest absolute Gasteiger partial charge is 0.381 e. The standard InChI is InChI=1S/C15H25NO2S/c1-12(2)16-9-14-3-4-15(19-14)11-18-10-13-5-7-17-8-6-13/h3-4,12-13,16H,5-11H2,1-2H3. The zero-order valence-corrected chi connectivity index (χ0v) is 12.8. The molecule has 2 rings (SSSR count). The van der Waals surface area contributed by atoms with Crippen LogP contribution in [-0.2, 0) is 22.6 Å². The van der Waals surface area contributed by atoms with Crippen molar-refractivity contribution in [3.05, 3.63) is 21.9 Å². The molecular formula is C15H25NO2S. The molecule has 0 unspecified atom stereocenters.